The van der Waals surface area contributed by atoms with Crippen molar-refractivity contribution in [2.45, 2.75) is 38.6 Å². The quantitative estimate of drug-likeness (QED) is 0.788. The van der Waals surface area contributed by atoms with Crippen LogP contribution in [0.3, 0.4) is 0 Å². The zero-order valence-corrected chi connectivity index (χ0v) is 13.2. The Hall–Kier alpha value is -1.20. The van der Waals surface area contributed by atoms with Gasteiger partial charge in [-0.1, -0.05) is 25.1 Å². The van der Waals surface area contributed by atoms with Gasteiger partial charge in [-0.2, -0.15) is 0 Å². The summed E-state index contributed by atoms with van der Waals surface area (Å²) < 4.78 is 0. The summed E-state index contributed by atoms with van der Waals surface area (Å²) in [7, 11) is 2.20. The van der Waals surface area contributed by atoms with Gasteiger partial charge in [-0.3, -0.25) is 0 Å². The molecular weight excluding hydrogens is 268 g/mol. The van der Waals surface area contributed by atoms with Crippen LogP contribution in [0.4, 0.5) is 5.82 Å². The standard InChI is InChI=1S/C15H24N4S/c1-11-7-8-17-15(13(11)14(16)20)18-9-10-19(2)12-5-3-4-6-12/h7-8,12H,3-6,9-10H2,1-2H3,(H2,16,20)(H,17,18). The molecule has 0 unspecified atom stereocenters. The second kappa shape index (κ2) is 6.99. The predicted octanol–water partition coefficient (Wildman–Crippen LogP) is 2.31. The molecule has 0 amide bonds. The van der Waals surface area contributed by atoms with Gasteiger partial charge in [-0.05, 0) is 38.4 Å². The summed E-state index contributed by atoms with van der Waals surface area (Å²) in [6.45, 7) is 3.88. The minimum atomic E-state index is 0.405. The summed E-state index contributed by atoms with van der Waals surface area (Å²) in [4.78, 5) is 7.20. The molecule has 3 N–H and O–H groups in total. The van der Waals surface area contributed by atoms with Crippen LogP contribution in [0.25, 0.3) is 0 Å². The lowest BCUT2D eigenvalue weighted by Crippen LogP contribution is -2.33. The van der Waals surface area contributed by atoms with Crippen molar-refractivity contribution >= 4 is 23.0 Å². The fourth-order valence-electron chi connectivity index (χ4n) is 2.88. The Bertz CT molecular complexity index is 469. The van der Waals surface area contributed by atoms with E-state index in [1.807, 2.05) is 13.0 Å². The Kier molecular flexibility index (Phi) is 5.31. The molecule has 1 saturated carbocycles. The van der Waals surface area contributed by atoms with Gasteiger partial charge in [-0.15, -0.1) is 0 Å². The summed E-state index contributed by atoms with van der Waals surface area (Å²) >= 11 is 5.11. The summed E-state index contributed by atoms with van der Waals surface area (Å²) in [6, 6.07) is 2.68. The third-order valence-corrected chi connectivity index (χ3v) is 4.31. The molecule has 2 rings (SSSR count). The number of rotatable bonds is 6. The maximum atomic E-state index is 5.79. The van der Waals surface area contributed by atoms with Crippen LogP contribution in [-0.2, 0) is 0 Å². The highest BCUT2D eigenvalue weighted by atomic mass is 32.1. The number of nitrogens with two attached hydrogens (primary N) is 1. The maximum Gasteiger partial charge on any atom is 0.136 e. The number of aryl methyl sites for hydroxylation is 1. The number of nitrogens with one attached hydrogen (secondary N) is 1. The van der Waals surface area contributed by atoms with E-state index in [2.05, 4.69) is 22.2 Å². The van der Waals surface area contributed by atoms with E-state index in [1.165, 1.54) is 25.7 Å². The van der Waals surface area contributed by atoms with Crippen LogP contribution in [0, 0.1) is 6.92 Å². The van der Waals surface area contributed by atoms with E-state index in [4.69, 9.17) is 18.0 Å². The van der Waals surface area contributed by atoms with Crippen LogP contribution in [0.5, 0.6) is 0 Å². The molecule has 0 saturated heterocycles. The zero-order valence-electron chi connectivity index (χ0n) is 12.4. The van der Waals surface area contributed by atoms with Crippen molar-refractivity contribution in [2.24, 2.45) is 5.73 Å². The highest BCUT2D eigenvalue weighted by molar-refractivity contribution is 7.80. The summed E-state index contributed by atoms with van der Waals surface area (Å²) in [5.74, 6) is 0.803. The summed E-state index contributed by atoms with van der Waals surface area (Å²) in [5.41, 5.74) is 7.72. The topological polar surface area (TPSA) is 54.2 Å². The van der Waals surface area contributed by atoms with E-state index in [9.17, 15) is 0 Å². The number of likely N-dealkylation sites (N-methyl/N-ethyl adjacent to an activating group) is 1. The van der Waals surface area contributed by atoms with Crippen molar-refractivity contribution in [1.29, 1.82) is 0 Å². The molecule has 0 atom stereocenters. The molecule has 1 aromatic heterocycles. The second-order valence-corrected chi connectivity index (χ2v) is 6.00. The van der Waals surface area contributed by atoms with Gasteiger partial charge in [0.05, 0.1) is 5.56 Å². The Labute approximate surface area is 126 Å². The number of hydrogen-bond acceptors (Lipinski definition) is 4. The third kappa shape index (κ3) is 3.67. The average Bonchev–Trinajstić information content (AvgIpc) is 2.92. The highest BCUT2D eigenvalue weighted by Crippen LogP contribution is 2.22. The predicted molar refractivity (Wildman–Crippen MR) is 88.2 cm³/mol. The van der Waals surface area contributed by atoms with Crippen molar-refractivity contribution in [2.75, 3.05) is 25.5 Å². The van der Waals surface area contributed by atoms with Gasteiger partial charge >= 0.3 is 0 Å². The Morgan fingerprint density at radius 2 is 2.20 bits per heavy atom. The van der Waals surface area contributed by atoms with Gasteiger partial charge in [0.25, 0.3) is 0 Å². The molecule has 0 radical (unpaired) electrons. The van der Waals surface area contributed by atoms with Crippen LogP contribution in [0.1, 0.15) is 36.8 Å². The van der Waals surface area contributed by atoms with Crippen molar-refractivity contribution < 1.29 is 0 Å². The molecule has 110 valence electrons. The minimum absolute atomic E-state index is 0.405. The van der Waals surface area contributed by atoms with Gasteiger partial charge in [-0.25, -0.2) is 4.98 Å². The minimum Gasteiger partial charge on any atom is -0.389 e. The van der Waals surface area contributed by atoms with E-state index in [0.717, 1.165) is 36.1 Å². The monoisotopic (exact) mass is 292 g/mol. The molecule has 4 nitrogen and oxygen atoms in total. The van der Waals surface area contributed by atoms with Crippen LogP contribution in [-0.4, -0.2) is 41.1 Å². The third-order valence-electron chi connectivity index (χ3n) is 4.11. The summed E-state index contributed by atoms with van der Waals surface area (Å²) in [6.07, 6.45) is 7.19. The number of aromatic nitrogens is 1. The van der Waals surface area contributed by atoms with Crippen molar-refractivity contribution in [1.82, 2.24) is 9.88 Å². The highest BCUT2D eigenvalue weighted by Gasteiger charge is 2.19. The van der Waals surface area contributed by atoms with E-state index in [-0.39, 0.29) is 0 Å². The molecule has 1 aliphatic rings. The zero-order chi connectivity index (χ0) is 14.5. The molecule has 1 aromatic rings. The Morgan fingerprint density at radius 3 is 2.85 bits per heavy atom. The van der Waals surface area contributed by atoms with Crippen molar-refractivity contribution in [3.8, 4) is 0 Å². The van der Waals surface area contributed by atoms with Crippen molar-refractivity contribution in [3.05, 3.63) is 23.4 Å². The van der Waals surface area contributed by atoms with E-state index in [1.54, 1.807) is 6.20 Å². The van der Waals surface area contributed by atoms with E-state index in [0.29, 0.717) is 4.99 Å². The average molecular weight is 292 g/mol. The SMILES string of the molecule is Cc1ccnc(NCCN(C)C2CCCC2)c1C(N)=S. The molecule has 0 aromatic carbocycles. The first-order valence-electron chi connectivity index (χ1n) is 7.29. The smallest absolute Gasteiger partial charge is 0.136 e. The normalized spacial score (nSPS) is 15.8. The van der Waals surface area contributed by atoms with E-state index >= 15 is 0 Å². The van der Waals surface area contributed by atoms with Crippen LogP contribution in [0.15, 0.2) is 12.3 Å². The molecule has 1 aliphatic carbocycles. The van der Waals surface area contributed by atoms with Gasteiger partial charge in [0.2, 0.25) is 0 Å². The maximum absolute atomic E-state index is 5.79. The largest absolute Gasteiger partial charge is 0.389 e. The molecule has 0 spiro atoms. The van der Waals surface area contributed by atoms with Gasteiger partial charge < -0.3 is 16.0 Å². The van der Waals surface area contributed by atoms with E-state index < -0.39 is 0 Å². The summed E-state index contributed by atoms with van der Waals surface area (Å²) in [5, 5.41) is 3.37. The number of anilines is 1. The van der Waals surface area contributed by atoms with Gasteiger partial charge in [0, 0.05) is 25.3 Å². The van der Waals surface area contributed by atoms with Crippen molar-refractivity contribution in [3.63, 3.8) is 0 Å². The molecule has 20 heavy (non-hydrogen) atoms. The van der Waals surface area contributed by atoms with Crippen LogP contribution < -0.4 is 11.1 Å². The number of hydrogen-bond donors (Lipinski definition) is 2. The molecular formula is C15H24N4S. The van der Waals surface area contributed by atoms with Gasteiger partial charge in [0.15, 0.2) is 0 Å². The first kappa shape index (κ1) is 15.2. The molecule has 5 heteroatoms. The van der Waals surface area contributed by atoms with Gasteiger partial charge in [0.1, 0.15) is 10.8 Å². The fourth-order valence-corrected chi connectivity index (χ4v) is 3.14. The first-order valence-corrected chi connectivity index (χ1v) is 7.70. The lowest BCUT2D eigenvalue weighted by atomic mass is 10.1. The Balaban J connectivity index is 1.90. The lowest BCUT2D eigenvalue weighted by molar-refractivity contribution is 0.254. The molecule has 0 aliphatic heterocycles. The second-order valence-electron chi connectivity index (χ2n) is 5.56. The van der Waals surface area contributed by atoms with Crippen LogP contribution in [0.2, 0.25) is 0 Å². The molecule has 1 fully saturated rings. The number of pyridine rings is 1. The first-order chi connectivity index (χ1) is 9.59. The number of thiocarbonyl (C=S) groups is 1. The fraction of sp³-hybridized carbons (Fsp3) is 0.600. The number of nitrogens with zero attached hydrogens (tertiary/aromatic N) is 2. The van der Waals surface area contributed by atoms with Crippen LogP contribution >= 0.6 is 12.2 Å². The Morgan fingerprint density at radius 1 is 1.50 bits per heavy atom. The molecule has 1 heterocycles. The molecule has 0 bridgehead atoms. The lowest BCUT2D eigenvalue weighted by Gasteiger charge is -2.24.